The first-order valence-corrected chi connectivity index (χ1v) is 11.8. The number of anilines is 1. The van der Waals surface area contributed by atoms with Crippen LogP contribution >= 0.6 is 0 Å². The average molecular weight is 434 g/mol. The molecule has 2 aromatic heterocycles. The highest BCUT2D eigenvalue weighted by molar-refractivity contribution is 5.87. The molecule has 1 fully saturated rings. The zero-order valence-electron chi connectivity index (χ0n) is 20.0. The van der Waals surface area contributed by atoms with Crippen LogP contribution in [-0.4, -0.2) is 39.3 Å². The number of hydrogen-bond acceptors (Lipinski definition) is 5. The van der Waals surface area contributed by atoms with Gasteiger partial charge in [-0.25, -0.2) is 4.98 Å². The average Bonchev–Trinajstić information content (AvgIpc) is 3.24. The number of nitrogens with one attached hydrogen (secondary N) is 1. The molecular formula is C26H35N5O. The normalized spacial score (nSPS) is 16.5. The lowest BCUT2D eigenvalue weighted by Crippen LogP contribution is -2.34. The highest BCUT2D eigenvalue weighted by atomic mass is 16.1. The number of hydrogen-bond donors (Lipinski definition) is 1. The fourth-order valence-corrected chi connectivity index (χ4v) is 4.37. The number of piperidine rings is 1. The van der Waals surface area contributed by atoms with E-state index in [4.69, 9.17) is 4.98 Å². The van der Waals surface area contributed by atoms with E-state index in [1.807, 2.05) is 25.1 Å². The number of aryl methyl sites for hydroxylation is 1. The van der Waals surface area contributed by atoms with E-state index in [0.29, 0.717) is 12.8 Å². The van der Waals surface area contributed by atoms with E-state index in [2.05, 4.69) is 60.1 Å². The summed E-state index contributed by atoms with van der Waals surface area (Å²) < 4.78 is 0. The maximum Gasteiger partial charge on any atom is 0.140 e. The van der Waals surface area contributed by atoms with Gasteiger partial charge in [0.25, 0.3) is 0 Å². The lowest BCUT2D eigenvalue weighted by Gasteiger charge is -2.33. The second-order valence-corrected chi connectivity index (χ2v) is 10.4. The van der Waals surface area contributed by atoms with Crippen molar-refractivity contribution < 1.29 is 4.79 Å². The number of nitrogens with zero attached hydrogens (tertiary/aromatic N) is 4. The Morgan fingerprint density at radius 2 is 1.84 bits per heavy atom. The minimum atomic E-state index is -0.169. The minimum absolute atomic E-state index is 0.000453. The van der Waals surface area contributed by atoms with Gasteiger partial charge >= 0.3 is 0 Å². The molecule has 0 spiro atoms. The van der Waals surface area contributed by atoms with Crippen molar-refractivity contribution >= 4 is 22.6 Å². The predicted octanol–water partition coefficient (Wildman–Crippen LogP) is 5.19. The van der Waals surface area contributed by atoms with E-state index in [1.54, 1.807) is 0 Å². The number of pyridine rings is 1. The van der Waals surface area contributed by atoms with Crippen LogP contribution in [0.3, 0.4) is 0 Å². The molecule has 3 aromatic rings. The monoisotopic (exact) mass is 433 g/mol. The van der Waals surface area contributed by atoms with Crippen molar-refractivity contribution in [2.75, 3.05) is 18.0 Å². The van der Waals surface area contributed by atoms with Gasteiger partial charge in [0.05, 0.1) is 0 Å². The molecule has 1 saturated heterocycles. The Kier molecular flexibility index (Phi) is 6.31. The van der Waals surface area contributed by atoms with E-state index in [9.17, 15) is 4.79 Å². The third-order valence-electron chi connectivity index (χ3n) is 6.77. The summed E-state index contributed by atoms with van der Waals surface area (Å²) in [6.07, 6.45) is 3.61. The van der Waals surface area contributed by atoms with Crippen LogP contribution in [0.25, 0.3) is 11.0 Å². The largest absolute Gasteiger partial charge is 0.356 e. The Balaban J connectivity index is 1.51. The summed E-state index contributed by atoms with van der Waals surface area (Å²) in [7, 11) is 0. The fraction of sp³-hybridized carbons (Fsp3) is 0.538. The highest BCUT2D eigenvalue weighted by Crippen LogP contribution is 2.30. The van der Waals surface area contributed by atoms with Crippen LogP contribution in [0, 0.1) is 5.92 Å². The predicted molar refractivity (Wildman–Crippen MR) is 129 cm³/mol. The van der Waals surface area contributed by atoms with E-state index in [0.717, 1.165) is 47.1 Å². The standard InChI is InChI=1S/C26H35N5O/c1-17-12-14-31(15-13-17)25-19(8-11-24(27-25)26(3,4)5)7-10-23(32)18(2)20-6-9-21-22(16-20)29-30-28-21/h6,8-9,11,16-18H,7,10,12-15H2,1-5H3,(H,28,29,30). The van der Waals surface area contributed by atoms with Crippen molar-refractivity contribution in [1.82, 2.24) is 20.4 Å². The number of H-pyrrole nitrogens is 1. The summed E-state index contributed by atoms with van der Waals surface area (Å²) >= 11 is 0. The van der Waals surface area contributed by atoms with Crippen molar-refractivity contribution in [3.8, 4) is 0 Å². The summed E-state index contributed by atoms with van der Waals surface area (Å²) in [6.45, 7) is 13.0. The number of carbonyl (C=O) groups is 1. The lowest BCUT2D eigenvalue weighted by atomic mass is 9.90. The molecule has 6 nitrogen and oxygen atoms in total. The Bertz CT molecular complexity index is 1090. The van der Waals surface area contributed by atoms with Crippen molar-refractivity contribution in [2.45, 2.75) is 71.6 Å². The quantitative estimate of drug-likeness (QED) is 0.579. The summed E-state index contributed by atoms with van der Waals surface area (Å²) in [5.41, 5.74) is 4.89. The van der Waals surface area contributed by atoms with E-state index >= 15 is 0 Å². The van der Waals surface area contributed by atoms with Crippen LogP contribution in [0.5, 0.6) is 0 Å². The van der Waals surface area contributed by atoms with Gasteiger partial charge in [-0.15, -0.1) is 0 Å². The zero-order chi connectivity index (χ0) is 22.9. The molecule has 1 atom stereocenters. The summed E-state index contributed by atoms with van der Waals surface area (Å²) in [4.78, 5) is 20.6. The zero-order valence-corrected chi connectivity index (χ0v) is 20.0. The van der Waals surface area contributed by atoms with Crippen LogP contribution in [0.2, 0.25) is 0 Å². The summed E-state index contributed by atoms with van der Waals surface area (Å²) in [5.74, 6) is 1.92. The molecule has 0 bridgehead atoms. The van der Waals surface area contributed by atoms with Gasteiger partial charge in [-0.05, 0) is 54.5 Å². The highest BCUT2D eigenvalue weighted by Gasteiger charge is 2.24. The lowest BCUT2D eigenvalue weighted by molar-refractivity contribution is -0.120. The second kappa shape index (κ2) is 9.00. The molecule has 0 radical (unpaired) electrons. The molecule has 0 amide bonds. The molecular weight excluding hydrogens is 398 g/mol. The Hall–Kier alpha value is -2.76. The third kappa shape index (κ3) is 4.84. The number of ketones is 1. The van der Waals surface area contributed by atoms with Crippen LogP contribution in [-0.2, 0) is 16.6 Å². The van der Waals surface area contributed by atoms with Crippen LogP contribution in [0.15, 0.2) is 30.3 Å². The van der Waals surface area contributed by atoms with Gasteiger partial charge < -0.3 is 4.90 Å². The first-order chi connectivity index (χ1) is 15.2. The molecule has 6 heteroatoms. The van der Waals surface area contributed by atoms with Crippen molar-refractivity contribution in [1.29, 1.82) is 0 Å². The second-order valence-electron chi connectivity index (χ2n) is 10.4. The number of benzene rings is 1. The number of aromatic nitrogens is 4. The number of aromatic amines is 1. The van der Waals surface area contributed by atoms with Crippen LogP contribution in [0.1, 0.15) is 76.6 Å². The van der Waals surface area contributed by atoms with Gasteiger partial charge in [0.1, 0.15) is 22.6 Å². The van der Waals surface area contributed by atoms with Gasteiger partial charge in [0.2, 0.25) is 0 Å². The van der Waals surface area contributed by atoms with Gasteiger partial charge in [-0.1, -0.05) is 46.8 Å². The molecule has 32 heavy (non-hydrogen) atoms. The Morgan fingerprint density at radius 3 is 2.56 bits per heavy atom. The summed E-state index contributed by atoms with van der Waals surface area (Å²) in [5, 5.41) is 10.9. The number of Topliss-reactive ketones (excluding diaryl/α,β-unsaturated/α-hetero) is 1. The van der Waals surface area contributed by atoms with Gasteiger partial charge in [-0.3, -0.25) is 4.79 Å². The van der Waals surface area contributed by atoms with Gasteiger partial charge in [0.15, 0.2) is 0 Å². The molecule has 1 aliphatic rings. The maximum absolute atomic E-state index is 13.1. The first kappa shape index (κ1) is 22.4. The molecule has 1 aliphatic heterocycles. The maximum atomic E-state index is 13.1. The van der Waals surface area contributed by atoms with Gasteiger partial charge in [-0.2, -0.15) is 15.4 Å². The van der Waals surface area contributed by atoms with Crippen LogP contribution in [0.4, 0.5) is 5.82 Å². The Labute approximate surface area is 190 Å². The fourth-order valence-electron chi connectivity index (χ4n) is 4.37. The van der Waals surface area contributed by atoms with Crippen molar-refractivity contribution in [3.63, 3.8) is 0 Å². The molecule has 0 aliphatic carbocycles. The molecule has 1 aromatic carbocycles. The topological polar surface area (TPSA) is 74.8 Å². The van der Waals surface area contributed by atoms with Crippen molar-refractivity contribution in [2.24, 2.45) is 5.92 Å². The molecule has 3 heterocycles. The molecule has 0 saturated carbocycles. The van der Waals surface area contributed by atoms with Crippen LogP contribution < -0.4 is 4.90 Å². The third-order valence-corrected chi connectivity index (χ3v) is 6.77. The number of rotatable bonds is 6. The number of carbonyl (C=O) groups excluding carboxylic acids is 1. The Morgan fingerprint density at radius 1 is 1.12 bits per heavy atom. The van der Waals surface area contributed by atoms with E-state index in [-0.39, 0.29) is 17.1 Å². The van der Waals surface area contributed by atoms with Gasteiger partial charge in [0, 0.05) is 36.5 Å². The molecule has 4 rings (SSSR count). The number of fused-ring (bicyclic) bond motifs is 1. The molecule has 1 N–H and O–H groups in total. The molecule has 170 valence electrons. The minimum Gasteiger partial charge on any atom is -0.356 e. The smallest absolute Gasteiger partial charge is 0.140 e. The van der Waals surface area contributed by atoms with E-state index < -0.39 is 0 Å². The SMILES string of the molecule is CC1CCN(c2nc(C(C)(C)C)ccc2CCC(=O)C(C)c2ccc3n[nH]nc3c2)CC1. The van der Waals surface area contributed by atoms with E-state index in [1.165, 1.54) is 18.4 Å². The molecule has 1 unspecified atom stereocenters. The van der Waals surface area contributed by atoms with Crippen molar-refractivity contribution in [3.05, 3.63) is 47.2 Å². The first-order valence-electron chi connectivity index (χ1n) is 11.8. The summed E-state index contributed by atoms with van der Waals surface area (Å²) in [6, 6.07) is 10.2.